The van der Waals surface area contributed by atoms with E-state index in [-0.39, 0.29) is 11.4 Å². The lowest BCUT2D eigenvalue weighted by Crippen LogP contribution is -2.30. The molecular formula is C12H11BrO2. The molecule has 0 radical (unpaired) electrons. The van der Waals surface area contributed by atoms with Gasteiger partial charge in [0.1, 0.15) is 5.75 Å². The molecule has 0 bridgehead atoms. The van der Waals surface area contributed by atoms with E-state index in [0.717, 1.165) is 41.5 Å². The normalized spacial score (nSPS) is 21.8. The Morgan fingerprint density at radius 2 is 2.00 bits per heavy atom. The first-order chi connectivity index (χ1) is 7.22. The van der Waals surface area contributed by atoms with Crippen molar-refractivity contribution in [3.05, 3.63) is 28.2 Å². The van der Waals surface area contributed by atoms with E-state index in [9.17, 15) is 4.79 Å². The number of ether oxygens (including phenoxy) is 1. The van der Waals surface area contributed by atoms with Crippen LogP contribution in [0.4, 0.5) is 0 Å². The van der Waals surface area contributed by atoms with Gasteiger partial charge in [0.05, 0.1) is 5.41 Å². The average Bonchev–Trinajstić information content (AvgIpc) is 2.78. The highest BCUT2D eigenvalue weighted by Gasteiger charge is 2.50. The number of hydrogen-bond donors (Lipinski definition) is 0. The molecule has 2 aliphatic rings. The van der Waals surface area contributed by atoms with Gasteiger partial charge in [-0.2, -0.15) is 0 Å². The Hall–Kier alpha value is -0.830. The fourth-order valence-corrected chi connectivity index (χ4v) is 3.09. The SMILES string of the molecule is O=C1Oc2ccc(Br)cc2C12CCCC2. The van der Waals surface area contributed by atoms with E-state index in [1.165, 1.54) is 0 Å². The third kappa shape index (κ3) is 1.19. The van der Waals surface area contributed by atoms with Gasteiger partial charge >= 0.3 is 5.97 Å². The molecule has 0 aromatic heterocycles. The zero-order valence-corrected chi connectivity index (χ0v) is 9.84. The molecular weight excluding hydrogens is 256 g/mol. The van der Waals surface area contributed by atoms with Crippen LogP contribution in [-0.2, 0) is 10.2 Å². The van der Waals surface area contributed by atoms with Crippen LogP contribution in [0.2, 0.25) is 0 Å². The second-order valence-electron chi connectivity index (χ2n) is 4.32. The van der Waals surface area contributed by atoms with Crippen LogP contribution in [0.25, 0.3) is 0 Å². The molecule has 1 heterocycles. The molecule has 1 aromatic rings. The predicted octanol–water partition coefficient (Wildman–Crippen LogP) is 3.18. The number of benzene rings is 1. The largest absolute Gasteiger partial charge is 0.426 e. The molecule has 2 nitrogen and oxygen atoms in total. The summed E-state index contributed by atoms with van der Waals surface area (Å²) < 4.78 is 6.36. The van der Waals surface area contributed by atoms with Gasteiger partial charge in [0.25, 0.3) is 0 Å². The van der Waals surface area contributed by atoms with Crippen LogP contribution < -0.4 is 4.74 Å². The second kappa shape index (κ2) is 3.08. The first-order valence-corrected chi connectivity index (χ1v) is 6.04. The molecule has 1 aliphatic heterocycles. The Labute approximate surface area is 96.8 Å². The summed E-state index contributed by atoms with van der Waals surface area (Å²) in [6.07, 6.45) is 4.13. The van der Waals surface area contributed by atoms with Crippen LogP contribution in [0.1, 0.15) is 31.2 Å². The number of hydrogen-bond acceptors (Lipinski definition) is 2. The topological polar surface area (TPSA) is 26.3 Å². The molecule has 0 N–H and O–H groups in total. The molecule has 0 saturated heterocycles. The quantitative estimate of drug-likeness (QED) is 0.533. The van der Waals surface area contributed by atoms with Crippen molar-refractivity contribution in [2.45, 2.75) is 31.1 Å². The lowest BCUT2D eigenvalue weighted by Gasteiger charge is -2.18. The molecule has 3 rings (SSSR count). The van der Waals surface area contributed by atoms with Gasteiger partial charge in [-0.1, -0.05) is 28.8 Å². The van der Waals surface area contributed by atoms with Crippen molar-refractivity contribution in [2.75, 3.05) is 0 Å². The third-order valence-electron chi connectivity index (χ3n) is 3.51. The summed E-state index contributed by atoms with van der Waals surface area (Å²) in [5.41, 5.74) is 0.762. The molecule has 0 amide bonds. The van der Waals surface area contributed by atoms with E-state index in [1.807, 2.05) is 18.2 Å². The zero-order chi connectivity index (χ0) is 10.5. The first kappa shape index (κ1) is 9.40. The van der Waals surface area contributed by atoms with E-state index in [2.05, 4.69) is 15.9 Å². The molecule has 15 heavy (non-hydrogen) atoms. The van der Waals surface area contributed by atoms with Gasteiger partial charge in [-0.05, 0) is 31.0 Å². The highest BCUT2D eigenvalue weighted by Crippen LogP contribution is 2.50. The smallest absolute Gasteiger partial charge is 0.322 e. The molecule has 3 heteroatoms. The van der Waals surface area contributed by atoms with E-state index in [4.69, 9.17) is 4.74 Å². The van der Waals surface area contributed by atoms with Crippen molar-refractivity contribution in [1.29, 1.82) is 0 Å². The highest BCUT2D eigenvalue weighted by atomic mass is 79.9. The maximum Gasteiger partial charge on any atom is 0.322 e. The maximum absolute atomic E-state index is 11.9. The Morgan fingerprint density at radius 1 is 1.27 bits per heavy atom. The lowest BCUT2D eigenvalue weighted by molar-refractivity contribution is -0.138. The Balaban J connectivity index is 2.19. The highest BCUT2D eigenvalue weighted by molar-refractivity contribution is 9.10. The fraction of sp³-hybridized carbons (Fsp3) is 0.417. The van der Waals surface area contributed by atoms with Crippen molar-refractivity contribution in [3.63, 3.8) is 0 Å². The summed E-state index contributed by atoms with van der Waals surface area (Å²) in [4.78, 5) is 11.9. The predicted molar refractivity (Wildman–Crippen MR) is 59.9 cm³/mol. The van der Waals surface area contributed by atoms with Crippen molar-refractivity contribution in [1.82, 2.24) is 0 Å². The van der Waals surface area contributed by atoms with Gasteiger partial charge in [0.15, 0.2) is 0 Å². The minimum Gasteiger partial charge on any atom is -0.426 e. The molecule has 0 unspecified atom stereocenters. The second-order valence-corrected chi connectivity index (χ2v) is 5.23. The molecule has 1 spiro atoms. The average molecular weight is 267 g/mol. The van der Waals surface area contributed by atoms with Gasteiger partial charge < -0.3 is 4.74 Å². The Kier molecular flexibility index (Phi) is 1.93. The van der Waals surface area contributed by atoms with Gasteiger partial charge in [-0.15, -0.1) is 0 Å². The monoisotopic (exact) mass is 266 g/mol. The minimum absolute atomic E-state index is 0.0481. The van der Waals surface area contributed by atoms with Gasteiger partial charge in [0, 0.05) is 10.0 Å². The summed E-state index contributed by atoms with van der Waals surface area (Å²) in [5, 5.41) is 0. The van der Waals surface area contributed by atoms with E-state index >= 15 is 0 Å². The summed E-state index contributed by atoms with van der Waals surface area (Å²) in [6, 6.07) is 5.83. The molecule has 78 valence electrons. The summed E-state index contributed by atoms with van der Waals surface area (Å²) in [5.74, 6) is 0.707. The Bertz CT molecular complexity index is 433. The van der Waals surface area contributed by atoms with Crippen molar-refractivity contribution < 1.29 is 9.53 Å². The maximum atomic E-state index is 11.9. The molecule has 1 aromatic carbocycles. The Morgan fingerprint density at radius 3 is 2.73 bits per heavy atom. The number of carbonyl (C=O) groups excluding carboxylic acids is 1. The van der Waals surface area contributed by atoms with Crippen molar-refractivity contribution in [2.24, 2.45) is 0 Å². The van der Waals surface area contributed by atoms with Gasteiger partial charge in [-0.3, -0.25) is 4.79 Å². The molecule has 0 atom stereocenters. The number of fused-ring (bicyclic) bond motifs is 2. The summed E-state index contributed by atoms with van der Waals surface area (Å²) in [6.45, 7) is 0. The van der Waals surface area contributed by atoms with E-state index in [1.54, 1.807) is 0 Å². The third-order valence-corrected chi connectivity index (χ3v) is 4.00. The van der Waals surface area contributed by atoms with E-state index < -0.39 is 0 Å². The summed E-state index contributed by atoms with van der Waals surface area (Å²) >= 11 is 3.45. The lowest BCUT2D eigenvalue weighted by atomic mass is 9.80. The van der Waals surface area contributed by atoms with Crippen LogP contribution in [0.15, 0.2) is 22.7 Å². The first-order valence-electron chi connectivity index (χ1n) is 5.25. The van der Waals surface area contributed by atoms with Crippen LogP contribution >= 0.6 is 15.9 Å². The zero-order valence-electron chi connectivity index (χ0n) is 8.25. The van der Waals surface area contributed by atoms with Crippen LogP contribution in [-0.4, -0.2) is 5.97 Å². The number of carbonyl (C=O) groups is 1. The number of rotatable bonds is 0. The summed E-state index contributed by atoms with van der Waals surface area (Å²) in [7, 11) is 0. The van der Waals surface area contributed by atoms with Crippen molar-refractivity contribution >= 4 is 21.9 Å². The minimum atomic E-state index is -0.320. The van der Waals surface area contributed by atoms with E-state index in [0.29, 0.717) is 0 Å². The van der Waals surface area contributed by atoms with Crippen LogP contribution in [0.3, 0.4) is 0 Å². The molecule has 1 aliphatic carbocycles. The number of esters is 1. The standard InChI is InChI=1S/C12H11BrO2/c13-8-3-4-10-9(7-8)12(11(14)15-10)5-1-2-6-12/h3-4,7H,1-2,5-6H2. The van der Waals surface area contributed by atoms with Crippen LogP contribution in [0, 0.1) is 0 Å². The van der Waals surface area contributed by atoms with Gasteiger partial charge in [0.2, 0.25) is 0 Å². The van der Waals surface area contributed by atoms with Crippen molar-refractivity contribution in [3.8, 4) is 5.75 Å². The fourth-order valence-electron chi connectivity index (χ4n) is 2.72. The molecule has 1 saturated carbocycles. The van der Waals surface area contributed by atoms with Crippen LogP contribution in [0.5, 0.6) is 5.75 Å². The molecule has 1 fully saturated rings. The van der Waals surface area contributed by atoms with Gasteiger partial charge in [-0.25, -0.2) is 0 Å². The number of halogens is 1.